The predicted molar refractivity (Wildman–Crippen MR) is 95.9 cm³/mol. The molecule has 0 atom stereocenters. The number of benzene rings is 1. The smallest absolute Gasteiger partial charge is 0.412 e. The zero-order valence-electron chi connectivity index (χ0n) is 14.6. The van der Waals surface area contributed by atoms with Gasteiger partial charge in [0.05, 0.1) is 13.3 Å². The van der Waals surface area contributed by atoms with Crippen molar-refractivity contribution in [2.24, 2.45) is 0 Å². The summed E-state index contributed by atoms with van der Waals surface area (Å²) in [6.07, 6.45) is 3.36. The van der Waals surface area contributed by atoms with Crippen LogP contribution in [0.5, 0.6) is 11.5 Å². The maximum Gasteiger partial charge on any atom is 0.412 e. The summed E-state index contributed by atoms with van der Waals surface area (Å²) >= 11 is 0. The van der Waals surface area contributed by atoms with Gasteiger partial charge in [0.25, 0.3) is 0 Å². The van der Waals surface area contributed by atoms with Gasteiger partial charge in [-0.15, -0.1) is 0 Å². The van der Waals surface area contributed by atoms with Crippen LogP contribution in [0.1, 0.15) is 6.42 Å². The lowest BCUT2D eigenvalue weighted by molar-refractivity contribution is 0.185. The highest BCUT2D eigenvalue weighted by Gasteiger charge is 2.10. The summed E-state index contributed by atoms with van der Waals surface area (Å²) < 4.78 is 17.2. The van der Waals surface area contributed by atoms with Crippen LogP contribution in [0, 0.1) is 0 Å². The number of methoxy groups -OCH3 is 2. The van der Waals surface area contributed by atoms with Crippen molar-refractivity contribution in [3.05, 3.63) is 42.9 Å². The van der Waals surface area contributed by atoms with E-state index < -0.39 is 6.09 Å². The van der Waals surface area contributed by atoms with Crippen molar-refractivity contribution >= 4 is 17.3 Å². The van der Waals surface area contributed by atoms with Crippen LogP contribution in [-0.2, 0) is 4.74 Å². The fourth-order valence-corrected chi connectivity index (χ4v) is 2.42. The zero-order chi connectivity index (χ0) is 18.4. The van der Waals surface area contributed by atoms with E-state index in [0.717, 1.165) is 17.9 Å². The molecule has 2 heterocycles. The summed E-state index contributed by atoms with van der Waals surface area (Å²) in [6, 6.07) is 9.25. The Bertz CT molecular complexity index is 877. The van der Waals surface area contributed by atoms with Gasteiger partial charge < -0.3 is 19.5 Å². The van der Waals surface area contributed by atoms with Crippen molar-refractivity contribution in [3.8, 4) is 17.2 Å². The molecule has 1 N–H and O–H groups in total. The first-order valence-electron chi connectivity index (χ1n) is 8.13. The quantitative estimate of drug-likeness (QED) is 0.655. The minimum atomic E-state index is -0.531. The number of hydrogen-bond donors (Lipinski definition) is 1. The first kappa shape index (κ1) is 17.7. The average Bonchev–Trinajstić information content (AvgIpc) is 3.08. The molecule has 0 unspecified atom stereocenters. The van der Waals surface area contributed by atoms with Crippen LogP contribution >= 0.6 is 0 Å². The van der Waals surface area contributed by atoms with E-state index in [9.17, 15) is 4.79 Å². The molecule has 1 amide bonds. The lowest BCUT2D eigenvalue weighted by Crippen LogP contribution is -2.28. The van der Waals surface area contributed by atoms with Crippen molar-refractivity contribution in [1.82, 2.24) is 19.9 Å². The molecule has 0 radical (unpaired) electrons. The Morgan fingerprint density at radius 2 is 1.96 bits per heavy atom. The monoisotopic (exact) mass is 356 g/mol. The van der Waals surface area contributed by atoms with Crippen LogP contribution in [0.25, 0.3) is 16.9 Å². The summed E-state index contributed by atoms with van der Waals surface area (Å²) in [5.74, 6) is 1.11. The number of rotatable bonds is 7. The number of hydrogen-bond acceptors (Lipinski definition) is 6. The van der Waals surface area contributed by atoms with Gasteiger partial charge in [0, 0.05) is 32.0 Å². The van der Waals surface area contributed by atoms with Crippen LogP contribution in [-0.4, -0.2) is 48.0 Å². The molecule has 1 aromatic carbocycles. The fourth-order valence-electron chi connectivity index (χ4n) is 2.42. The molecule has 136 valence electrons. The summed E-state index contributed by atoms with van der Waals surface area (Å²) in [4.78, 5) is 20.5. The van der Waals surface area contributed by atoms with Gasteiger partial charge in [0.1, 0.15) is 17.6 Å². The Balaban J connectivity index is 1.71. The average molecular weight is 356 g/mol. The summed E-state index contributed by atoms with van der Waals surface area (Å²) in [5.41, 5.74) is 2.21. The second-order valence-electron chi connectivity index (χ2n) is 5.49. The highest BCUT2D eigenvalue weighted by atomic mass is 16.6. The third-order valence-electron chi connectivity index (χ3n) is 3.72. The predicted octanol–water partition coefficient (Wildman–Crippen LogP) is 2.55. The highest BCUT2D eigenvalue weighted by molar-refractivity contribution is 5.76. The molecule has 3 aromatic rings. The molecule has 0 fully saturated rings. The molecule has 0 saturated heterocycles. The molecule has 0 bridgehead atoms. The van der Waals surface area contributed by atoms with Gasteiger partial charge in [-0.3, -0.25) is 4.57 Å². The number of amides is 1. The maximum absolute atomic E-state index is 11.8. The molecule has 3 rings (SSSR count). The number of fused-ring (bicyclic) bond motifs is 1. The summed E-state index contributed by atoms with van der Waals surface area (Å²) in [5, 5.41) is 2.65. The van der Waals surface area contributed by atoms with Gasteiger partial charge >= 0.3 is 6.09 Å². The summed E-state index contributed by atoms with van der Waals surface area (Å²) in [6.45, 7) is 1.06. The largest absolute Gasteiger partial charge is 0.497 e. The number of ether oxygens (including phenoxy) is 3. The zero-order valence-corrected chi connectivity index (χ0v) is 14.6. The van der Waals surface area contributed by atoms with E-state index in [1.165, 1.54) is 6.20 Å². The number of nitrogens with one attached hydrogen (secondary N) is 1. The molecule has 0 aliphatic rings. The standard InChI is InChI=1S/C18H20N4O4/c1-24-9-3-8-19-18(23)26-15-10-16-17(20-11-15)22(12-21-16)13-4-6-14(25-2)7-5-13/h4-7,10-12H,3,8-9H2,1-2H3,(H,19,23). The number of aromatic nitrogens is 3. The molecule has 0 saturated carbocycles. The Hall–Kier alpha value is -3.13. The minimum Gasteiger partial charge on any atom is -0.497 e. The normalized spacial score (nSPS) is 10.7. The molecule has 0 aliphatic carbocycles. The maximum atomic E-state index is 11.8. The lowest BCUT2D eigenvalue weighted by atomic mass is 10.3. The SMILES string of the molecule is COCCCNC(=O)Oc1cnc2c(c1)ncn2-c1ccc(OC)cc1. The van der Waals surface area contributed by atoms with Gasteiger partial charge in [0.2, 0.25) is 0 Å². The fraction of sp³-hybridized carbons (Fsp3) is 0.278. The molecular weight excluding hydrogens is 336 g/mol. The van der Waals surface area contributed by atoms with E-state index in [1.807, 2.05) is 28.8 Å². The summed E-state index contributed by atoms with van der Waals surface area (Å²) in [7, 11) is 3.24. The Labute approximate surface area is 150 Å². The number of nitrogens with zero attached hydrogens (tertiary/aromatic N) is 3. The second-order valence-corrected chi connectivity index (χ2v) is 5.49. The van der Waals surface area contributed by atoms with E-state index in [4.69, 9.17) is 14.2 Å². The van der Waals surface area contributed by atoms with Gasteiger partial charge in [-0.2, -0.15) is 0 Å². The van der Waals surface area contributed by atoms with E-state index in [1.54, 1.807) is 26.6 Å². The van der Waals surface area contributed by atoms with Gasteiger partial charge in [0.15, 0.2) is 11.4 Å². The van der Waals surface area contributed by atoms with E-state index in [2.05, 4.69) is 15.3 Å². The van der Waals surface area contributed by atoms with Gasteiger partial charge in [-0.25, -0.2) is 14.8 Å². The third-order valence-corrected chi connectivity index (χ3v) is 3.72. The van der Waals surface area contributed by atoms with Crippen LogP contribution < -0.4 is 14.8 Å². The first-order valence-corrected chi connectivity index (χ1v) is 8.13. The molecule has 8 heteroatoms. The highest BCUT2D eigenvalue weighted by Crippen LogP contribution is 2.22. The van der Waals surface area contributed by atoms with Crippen LogP contribution in [0.4, 0.5) is 4.79 Å². The number of pyridine rings is 1. The molecule has 26 heavy (non-hydrogen) atoms. The molecule has 0 spiro atoms. The van der Waals surface area contributed by atoms with E-state index >= 15 is 0 Å². The Morgan fingerprint density at radius 1 is 1.15 bits per heavy atom. The Kier molecular flexibility index (Phi) is 5.65. The number of imidazole rings is 1. The number of carbonyl (C=O) groups excluding carboxylic acids is 1. The van der Waals surface area contributed by atoms with Crippen molar-refractivity contribution in [2.45, 2.75) is 6.42 Å². The van der Waals surface area contributed by atoms with Crippen LogP contribution in [0.2, 0.25) is 0 Å². The van der Waals surface area contributed by atoms with Crippen molar-refractivity contribution in [2.75, 3.05) is 27.4 Å². The topological polar surface area (TPSA) is 87.5 Å². The van der Waals surface area contributed by atoms with Crippen molar-refractivity contribution in [1.29, 1.82) is 0 Å². The van der Waals surface area contributed by atoms with E-state index in [0.29, 0.717) is 30.1 Å². The lowest BCUT2D eigenvalue weighted by Gasteiger charge is -2.07. The molecule has 0 aliphatic heterocycles. The van der Waals surface area contributed by atoms with Crippen LogP contribution in [0.3, 0.4) is 0 Å². The molecule has 2 aromatic heterocycles. The van der Waals surface area contributed by atoms with Crippen molar-refractivity contribution in [3.63, 3.8) is 0 Å². The molecule has 8 nitrogen and oxygen atoms in total. The Morgan fingerprint density at radius 3 is 2.69 bits per heavy atom. The second kappa shape index (κ2) is 8.30. The number of carbonyl (C=O) groups is 1. The van der Waals surface area contributed by atoms with Gasteiger partial charge in [-0.05, 0) is 30.7 Å². The van der Waals surface area contributed by atoms with Gasteiger partial charge in [-0.1, -0.05) is 0 Å². The molecular formula is C18H20N4O4. The first-order chi connectivity index (χ1) is 12.7. The van der Waals surface area contributed by atoms with Crippen LogP contribution in [0.15, 0.2) is 42.9 Å². The van der Waals surface area contributed by atoms with Crippen molar-refractivity contribution < 1.29 is 19.0 Å². The van der Waals surface area contributed by atoms with E-state index in [-0.39, 0.29) is 0 Å². The third kappa shape index (κ3) is 4.09. The minimum absolute atomic E-state index is 0.335.